The Hall–Kier alpha value is -2.30. The van der Waals surface area contributed by atoms with Crippen LogP contribution in [0.5, 0.6) is 0 Å². The first-order valence-corrected chi connectivity index (χ1v) is 11.8. The first kappa shape index (κ1) is 24.3. The highest BCUT2D eigenvalue weighted by Gasteiger charge is 2.23. The van der Waals surface area contributed by atoms with E-state index in [0.717, 1.165) is 37.1 Å². The number of Topliss-reactive ketones (excluding diaryl/α,β-unsaturated/α-hetero) is 1. The van der Waals surface area contributed by atoms with E-state index < -0.39 is 5.97 Å². The van der Waals surface area contributed by atoms with Crippen LogP contribution in [0, 0.1) is 5.92 Å². The maximum Gasteiger partial charge on any atom is 0.303 e. The fraction of sp³-hybridized carbons (Fsp3) is 0.385. The fourth-order valence-corrected chi connectivity index (χ4v) is 4.44. The van der Waals surface area contributed by atoms with Gasteiger partial charge in [0.05, 0.1) is 5.56 Å². The van der Waals surface area contributed by atoms with Crippen molar-refractivity contribution in [2.45, 2.75) is 58.3 Å². The second-order valence-corrected chi connectivity index (χ2v) is 9.29. The summed E-state index contributed by atoms with van der Waals surface area (Å²) in [6.07, 6.45) is 5.89. The van der Waals surface area contributed by atoms with Gasteiger partial charge in [0.2, 0.25) is 0 Å². The number of hydrogen-bond acceptors (Lipinski definition) is 3. The molecule has 1 heterocycles. The fourth-order valence-electron chi connectivity index (χ4n) is 4.05. The number of aryl methyl sites for hydroxylation is 2. The second-order valence-electron chi connectivity index (χ2n) is 8.42. The Bertz CT molecular complexity index is 1090. The molecule has 170 valence electrons. The molecule has 32 heavy (non-hydrogen) atoms. The van der Waals surface area contributed by atoms with Gasteiger partial charge in [0, 0.05) is 34.7 Å². The zero-order valence-corrected chi connectivity index (χ0v) is 19.7. The summed E-state index contributed by atoms with van der Waals surface area (Å²) in [7, 11) is 0. The predicted octanol–water partition coefficient (Wildman–Crippen LogP) is 7.77. The topological polar surface area (TPSA) is 67.5 Å². The molecule has 0 saturated heterocycles. The van der Waals surface area contributed by atoms with E-state index in [1.165, 1.54) is 5.56 Å². The summed E-state index contributed by atoms with van der Waals surface area (Å²) in [5.74, 6) is -0.563. The van der Waals surface area contributed by atoms with Crippen LogP contribution in [-0.4, -0.2) is 16.9 Å². The van der Waals surface area contributed by atoms with Crippen molar-refractivity contribution in [3.8, 4) is 0 Å². The van der Waals surface area contributed by atoms with Gasteiger partial charge < -0.3 is 9.52 Å². The van der Waals surface area contributed by atoms with Crippen LogP contribution in [0.3, 0.4) is 0 Å². The molecular weight excluding hydrogens is 447 g/mol. The average Bonchev–Trinajstić information content (AvgIpc) is 3.07. The van der Waals surface area contributed by atoms with Crippen molar-refractivity contribution in [2.24, 2.45) is 5.92 Å². The van der Waals surface area contributed by atoms with Gasteiger partial charge in [0.1, 0.15) is 11.3 Å². The molecule has 1 aromatic heterocycles. The van der Waals surface area contributed by atoms with Gasteiger partial charge in [0.25, 0.3) is 0 Å². The van der Waals surface area contributed by atoms with E-state index >= 15 is 0 Å². The molecular formula is C26H28Cl2O4. The third kappa shape index (κ3) is 6.85. The molecule has 6 heteroatoms. The second kappa shape index (κ2) is 11.5. The average molecular weight is 475 g/mol. The normalized spacial score (nSPS) is 12.2. The number of carbonyl (C=O) groups excluding carboxylic acids is 1. The minimum absolute atomic E-state index is 0.0375. The van der Waals surface area contributed by atoms with Crippen molar-refractivity contribution < 1.29 is 19.1 Å². The van der Waals surface area contributed by atoms with Gasteiger partial charge in [-0.1, -0.05) is 55.1 Å². The van der Waals surface area contributed by atoms with E-state index in [4.69, 9.17) is 32.7 Å². The molecule has 1 atom stereocenters. The number of furan rings is 1. The van der Waals surface area contributed by atoms with E-state index in [9.17, 15) is 9.59 Å². The van der Waals surface area contributed by atoms with Gasteiger partial charge in [0.15, 0.2) is 5.78 Å². The number of fused-ring (bicyclic) bond motifs is 1. The standard InChI is InChI=1S/C26H28Cl2O4/c1-17(14-25(30)31)13-22(29)26-21-16-20(28)11-12-23(21)32-24(26)10-5-3-2-4-7-18-8-6-9-19(27)15-18/h6,8-9,11-12,15-17H,2-5,7,10,13-14H2,1H3,(H,30,31)/t17-/m0/s1. The number of carbonyl (C=O) groups is 2. The number of unbranched alkanes of at least 4 members (excludes halogenated alkanes) is 3. The first-order chi connectivity index (χ1) is 15.3. The molecule has 0 spiro atoms. The van der Waals surface area contributed by atoms with Crippen molar-refractivity contribution in [3.63, 3.8) is 0 Å². The van der Waals surface area contributed by atoms with E-state index in [1.54, 1.807) is 25.1 Å². The SMILES string of the molecule is C[C@H](CC(=O)O)CC(=O)c1c(CCCCCCc2cccc(Cl)c2)oc2ccc(Cl)cc12. The number of hydrogen-bond donors (Lipinski definition) is 1. The maximum atomic E-state index is 13.1. The number of halogens is 2. The number of carboxylic acids is 1. The van der Waals surface area contributed by atoms with Gasteiger partial charge in [-0.25, -0.2) is 0 Å². The molecule has 0 unspecified atom stereocenters. The molecule has 0 radical (unpaired) electrons. The summed E-state index contributed by atoms with van der Waals surface area (Å²) >= 11 is 12.2. The lowest BCUT2D eigenvalue weighted by Gasteiger charge is -2.08. The van der Waals surface area contributed by atoms with Crippen molar-refractivity contribution >= 4 is 45.9 Å². The van der Waals surface area contributed by atoms with Crippen molar-refractivity contribution in [1.82, 2.24) is 0 Å². The van der Waals surface area contributed by atoms with E-state index in [2.05, 4.69) is 6.07 Å². The van der Waals surface area contributed by atoms with E-state index in [1.807, 2.05) is 18.2 Å². The molecule has 4 nitrogen and oxygen atoms in total. The Morgan fingerprint density at radius 3 is 2.38 bits per heavy atom. The number of aliphatic carboxylic acids is 1. The Balaban J connectivity index is 1.62. The minimum Gasteiger partial charge on any atom is -0.481 e. The predicted molar refractivity (Wildman–Crippen MR) is 129 cm³/mol. The number of benzene rings is 2. The van der Waals surface area contributed by atoms with Crippen molar-refractivity contribution in [1.29, 1.82) is 0 Å². The summed E-state index contributed by atoms with van der Waals surface area (Å²) in [6.45, 7) is 1.78. The van der Waals surface area contributed by atoms with E-state index in [-0.39, 0.29) is 24.5 Å². The van der Waals surface area contributed by atoms with Crippen LogP contribution in [0.25, 0.3) is 11.0 Å². The Kier molecular flexibility index (Phi) is 8.77. The molecule has 0 aliphatic heterocycles. The Morgan fingerprint density at radius 1 is 0.938 bits per heavy atom. The zero-order chi connectivity index (χ0) is 23.1. The highest BCUT2D eigenvalue weighted by molar-refractivity contribution is 6.31. The molecule has 0 amide bonds. The summed E-state index contributed by atoms with van der Waals surface area (Å²) in [5, 5.41) is 11.0. The monoisotopic (exact) mass is 474 g/mol. The molecule has 3 rings (SSSR count). The largest absolute Gasteiger partial charge is 0.481 e. The third-order valence-electron chi connectivity index (χ3n) is 5.57. The van der Waals surface area contributed by atoms with Crippen LogP contribution < -0.4 is 0 Å². The van der Waals surface area contributed by atoms with Gasteiger partial charge in [-0.2, -0.15) is 0 Å². The summed E-state index contributed by atoms with van der Waals surface area (Å²) in [4.78, 5) is 24.0. The molecule has 0 aliphatic rings. The third-order valence-corrected chi connectivity index (χ3v) is 6.04. The summed E-state index contributed by atoms with van der Waals surface area (Å²) in [6, 6.07) is 13.2. The van der Waals surface area contributed by atoms with Crippen molar-refractivity contribution in [3.05, 3.63) is 69.4 Å². The minimum atomic E-state index is -0.900. The van der Waals surface area contributed by atoms with Gasteiger partial charge in [-0.05, 0) is 61.1 Å². The molecule has 0 fully saturated rings. The van der Waals surface area contributed by atoms with Crippen LogP contribution in [-0.2, 0) is 17.6 Å². The van der Waals surface area contributed by atoms with Crippen LogP contribution in [0.1, 0.15) is 67.1 Å². The zero-order valence-electron chi connectivity index (χ0n) is 18.2. The highest BCUT2D eigenvalue weighted by Crippen LogP contribution is 2.31. The Labute approximate surface area is 198 Å². The first-order valence-electron chi connectivity index (χ1n) is 11.0. The van der Waals surface area contributed by atoms with Crippen LogP contribution in [0.2, 0.25) is 10.0 Å². The lowest BCUT2D eigenvalue weighted by atomic mass is 9.94. The van der Waals surface area contributed by atoms with Gasteiger partial charge >= 0.3 is 5.97 Å². The lowest BCUT2D eigenvalue weighted by molar-refractivity contribution is -0.137. The summed E-state index contributed by atoms with van der Waals surface area (Å²) in [5.41, 5.74) is 2.44. The highest BCUT2D eigenvalue weighted by atomic mass is 35.5. The number of carboxylic acid groups (broad SMARTS) is 1. The molecule has 0 saturated carbocycles. The maximum absolute atomic E-state index is 13.1. The molecule has 2 aromatic carbocycles. The molecule has 1 N–H and O–H groups in total. The number of ketones is 1. The van der Waals surface area contributed by atoms with Crippen LogP contribution >= 0.6 is 23.2 Å². The molecule has 0 bridgehead atoms. The van der Waals surface area contributed by atoms with E-state index in [0.29, 0.717) is 33.7 Å². The van der Waals surface area contributed by atoms with Crippen LogP contribution in [0.15, 0.2) is 46.9 Å². The van der Waals surface area contributed by atoms with Crippen molar-refractivity contribution in [2.75, 3.05) is 0 Å². The van der Waals surface area contributed by atoms with Crippen LogP contribution in [0.4, 0.5) is 0 Å². The smallest absolute Gasteiger partial charge is 0.303 e. The van der Waals surface area contributed by atoms with Gasteiger partial charge in [-0.3, -0.25) is 9.59 Å². The van der Waals surface area contributed by atoms with Gasteiger partial charge in [-0.15, -0.1) is 0 Å². The number of rotatable bonds is 12. The lowest BCUT2D eigenvalue weighted by Crippen LogP contribution is -2.11. The molecule has 3 aromatic rings. The Morgan fingerprint density at radius 2 is 1.66 bits per heavy atom. The quantitative estimate of drug-likeness (QED) is 0.215. The summed E-state index contributed by atoms with van der Waals surface area (Å²) < 4.78 is 6.02. The molecule has 0 aliphatic carbocycles.